The van der Waals surface area contributed by atoms with Gasteiger partial charge in [-0.3, -0.25) is 4.79 Å². The van der Waals surface area contributed by atoms with Crippen molar-refractivity contribution in [2.24, 2.45) is 5.41 Å². The van der Waals surface area contributed by atoms with Crippen molar-refractivity contribution in [3.63, 3.8) is 0 Å². The van der Waals surface area contributed by atoms with Gasteiger partial charge in [-0.15, -0.1) is 0 Å². The van der Waals surface area contributed by atoms with Crippen LogP contribution in [-0.2, 0) is 9.53 Å². The van der Waals surface area contributed by atoms with E-state index >= 15 is 0 Å². The summed E-state index contributed by atoms with van der Waals surface area (Å²) in [5, 5.41) is 8.67. The Labute approximate surface area is 142 Å². The number of carbonyl (C=O) groups excluding carboxylic acids is 1. The number of nitrogens with zero attached hydrogens (tertiary/aromatic N) is 1. The fourth-order valence-corrected chi connectivity index (χ4v) is 3.21. The number of hydrogen-bond acceptors (Lipinski definition) is 4. The first-order chi connectivity index (χ1) is 11.3. The van der Waals surface area contributed by atoms with Gasteiger partial charge in [-0.1, -0.05) is 19.9 Å². The lowest BCUT2D eigenvalue weighted by molar-refractivity contribution is -0.139. The molecule has 0 aliphatic heterocycles. The first kappa shape index (κ1) is 18.3. The number of rotatable bonds is 7. The average molecular weight is 335 g/mol. The zero-order valence-electron chi connectivity index (χ0n) is 14.6. The molecule has 1 aliphatic rings. The Morgan fingerprint density at radius 1 is 1.38 bits per heavy atom. The zero-order chi connectivity index (χ0) is 17.9. The predicted octanol–water partition coefficient (Wildman–Crippen LogP) is 2.43. The van der Waals surface area contributed by atoms with E-state index in [2.05, 4.69) is 13.8 Å². The molecule has 2 rings (SSSR count). The summed E-state index contributed by atoms with van der Waals surface area (Å²) >= 11 is 0. The van der Waals surface area contributed by atoms with E-state index in [1.54, 1.807) is 36.2 Å². The number of carboxylic acid groups (broad SMARTS) is 1. The third kappa shape index (κ3) is 3.70. The predicted molar refractivity (Wildman–Crippen MR) is 89.3 cm³/mol. The third-order valence-electron chi connectivity index (χ3n) is 4.73. The summed E-state index contributed by atoms with van der Waals surface area (Å²) in [4.78, 5) is 25.1. The van der Waals surface area contributed by atoms with Crippen molar-refractivity contribution in [1.29, 1.82) is 0 Å². The highest BCUT2D eigenvalue weighted by molar-refractivity contribution is 5.94. The van der Waals surface area contributed by atoms with Crippen molar-refractivity contribution in [3.05, 3.63) is 29.8 Å². The number of carbonyl (C=O) groups is 2. The first-order valence-electron chi connectivity index (χ1n) is 8.10. The van der Waals surface area contributed by atoms with Crippen LogP contribution in [0, 0.1) is 5.41 Å². The molecule has 1 N–H and O–H groups in total. The molecule has 0 radical (unpaired) electrons. The van der Waals surface area contributed by atoms with Gasteiger partial charge in [-0.25, -0.2) is 4.79 Å². The second kappa shape index (κ2) is 7.21. The lowest BCUT2D eigenvalue weighted by Crippen LogP contribution is -2.62. The van der Waals surface area contributed by atoms with Crippen molar-refractivity contribution in [2.45, 2.75) is 39.3 Å². The molecule has 24 heavy (non-hydrogen) atoms. The van der Waals surface area contributed by atoms with Crippen molar-refractivity contribution in [1.82, 2.24) is 4.90 Å². The Bertz CT molecular complexity index is 613. The molecule has 0 bridgehead atoms. The van der Waals surface area contributed by atoms with Gasteiger partial charge in [0, 0.05) is 30.7 Å². The summed E-state index contributed by atoms with van der Waals surface area (Å²) in [6.07, 6.45) is 0.978. The van der Waals surface area contributed by atoms with E-state index in [1.165, 1.54) is 0 Å². The van der Waals surface area contributed by atoms with Gasteiger partial charge in [-0.05, 0) is 31.5 Å². The molecule has 1 saturated carbocycles. The van der Waals surface area contributed by atoms with E-state index < -0.39 is 12.6 Å². The monoisotopic (exact) mass is 335 g/mol. The molecule has 1 aromatic rings. The molecule has 2 atom stereocenters. The molecule has 0 aromatic heterocycles. The zero-order valence-corrected chi connectivity index (χ0v) is 14.6. The number of benzene rings is 1. The minimum atomic E-state index is -1.05. The van der Waals surface area contributed by atoms with Gasteiger partial charge in [0.25, 0.3) is 5.91 Å². The molecule has 6 heteroatoms. The van der Waals surface area contributed by atoms with Crippen LogP contribution in [-0.4, -0.2) is 54.3 Å². The molecular formula is C18H25NO5. The molecule has 2 unspecified atom stereocenters. The molecule has 1 fully saturated rings. The van der Waals surface area contributed by atoms with Gasteiger partial charge >= 0.3 is 5.97 Å². The number of amides is 1. The molecular weight excluding hydrogens is 310 g/mol. The van der Waals surface area contributed by atoms with Crippen molar-refractivity contribution >= 4 is 11.9 Å². The second-order valence-corrected chi connectivity index (χ2v) is 6.64. The Hall–Kier alpha value is -2.08. The maximum Gasteiger partial charge on any atom is 0.341 e. The summed E-state index contributed by atoms with van der Waals surface area (Å²) in [5.74, 6) is -0.789. The minimum absolute atomic E-state index is 0.0994. The highest BCUT2D eigenvalue weighted by Crippen LogP contribution is 2.45. The largest absolute Gasteiger partial charge is 0.482 e. The highest BCUT2D eigenvalue weighted by Gasteiger charge is 2.51. The van der Waals surface area contributed by atoms with E-state index in [0.29, 0.717) is 17.9 Å². The topological polar surface area (TPSA) is 76.1 Å². The summed E-state index contributed by atoms with van der Waals surface area (Å²) in [6, 6.07) is 6.71. The lowest BCUT2D eigenvalue weighted by atomic mass is 9.63. The number of carboxylic acids is 1. The SMILES string of the molecule is CCOC1CC(N(C)C(=O)c2cccc(OCC(=O)O)c2)C1(C)C. The van der Waals surface area contributed by atoms with Crippen molar-refractivity contribution < 1.29 is 24.2 Å². The van der Waals surface area contributed by atoms with Crippen LogP contribution < -0.4 is 4.74 Å². The number of aliphatic carboxylic acids is 1. The summed E-state index contributed by atoms with van der Waals surface area (Å²) < 4.78 is 10.9. The summed E-state index contributed by atoms with van der Waals surface area (Å²) in [7, 11) is 1.79. The van der Waals surface area contributed by atoms with Crippen molar-refractivity contribution in [2.75, 3.05) is 20.3 Å². The van der Waals surface area contributed by atoms with Crippen LogP contribution in [0.1, 0.15) is 37.6 Å². The second-order valence-electron chi connectivity index (χ2n) is 6.64. The number of ether oxygens (including phenoxy) is 2. The van der Waals surface area contributed by atoms with Crippen LogP contribution in [0.15, 0.2) is 24.3 Å². The minimum Gasteiger partial charge on any atom is -0.482 e. The van der Waals surface area contributed by atoms with E-state index in [1.807, 2.05) is 6.92 Å². The number of hydrogen-bond donors (Lipinski definition) is 1. The lowest BCUT2D eigenvalue weighted by Gasteiger charge is -2.54. The molecule has 6 nitrogen and oxygen atoms in total. The molecule has 0 spiro atoms. The standard InChI is InChI=1S/C18H25NO5/c1-5-23-15-10-14(18(15,2)3)19(4)17(22)12-7-6-8-13(9-12)24-11-16(20)21/h6-9,14-15H,5,10-11H2,1-4H3,(H,20,21). The van der Waals surface area contributed by atoms with Gasteiger partial charge in [0.1, 0.15) is 5.75 Å². The van der Waals surface area contributed by atoms with Crippen LogP contribution in [0.2, 0.25) is 0 Å². The molecule has 1 amide bonds. The normalized spacial score (nSPS) is 21.7. The maximum absolute atomic E-state index is 12.7. The Morgan fingerprint density at radius 3 is 2.67 bits per heavy atom. The van der Waals surface area contributed by atoms with Gasteiger partial charge in [0.2, 0.25) is 0 Å². The van der Waals surface area contributed by atoms with Gasteiger partial charge in [0.05, 0.1) is 6.10 Å². The van der Waals surface area contributed by atoms with Gasteiger partial charge < -0.3 is 19.5 Å². The maximum atomic E-state index is 12.7. The summed E-state index contributed by atoms with van der Waals surface area (Å²) in [5.41, 5.74) is 0.383. The van der Waals surface area contributed by atoms with Crippen LogP contribution in [0.25, 0.3) is 0 Å². The van der Waals surface area contributed by atoms with E-state index in [9.17, 15) is 9.59 Å². The Balaban J connectivity index is 2.06. The first-order valence-corrected chi connectivity index (χ1v) is 8.10. The average Bonchev–Trinajstić information content (AvgIpc) is 2.55. The quantitative estimate of drug-likeness (QED) is 0.828. The third-order valence-corrected chi connectivity index (χ3v) is 4.73. The smallest absolute Gasteiger partial charge is 0.341 e. The van der Waals surface area contributed by atoms with Gasteiger partial charge in [-0.2, -0.15) is 0 Å². The molecule has 1 aliphatic carbocycles. The highest BCUT2D eigenvalue weighted by atomic mass is 16.5. The van der Waals surface area contributed by atoms with E-state index in [-0.39, 0.29) is 23.5 Å². The van der Waals surface area contributed by atoms with Crippen LogP contribution in [0.3, 0.4) is 0 Å². The van der Waals surface area contributed by atoms with Gasteiger partial charge in [0.15, 0.2) is 6.61 Å². The van der Waals surface area contributed by atoms with Crippen molar-refractivity contribution in [3.8, 4) is 5.75 Å². The van der Waals surface area contributed by atoms with Crippen LogP contribution in [0.5, 0.6) is 5.75 Å². The van der Waals surface area contributed by atoms with Crippen LogP contribution in [0.4, 0.5) is 0 Å². The molecule has 0 saturated heterocycles. The van der Waals surface area contributed by atoms with Crippen LogP contribution >= 0.6 is 0 Å². The molecule has 1 aromatic carbocycles. The Morgan fingerprint density at radius 2 is 2.08 bits per heavy atom. The fraction of sp³-hybridized carbons (Fsp3) is 0.556. The summed E-state index contributed by atoms with van der Waals surface area (Å²) in [6.45, 7) is 6.43. The van der Waals surface area contributed by atoms with E-state index in [4.69, 9.17) is 14.6 Å². The van der Waals surface area contributed by atoms with E-state index in [0.717, 1.165) is 6.42 Å². The molecule has 132 valence electrons. The Kier molecular flexibility index (Phi) is 5.49. The molecule has 0 heterocycles. The fourth-order valence-electron chi connectivity index (χ4n) is 3.21.